The molecular weight excluding hydrogens is 324 g/mol. The molecule has 0 aliphatic carbocycles. The summed E-state index contributed by atoms with van der Waals surface area (Å²) in [6, 6.07) is 26.5. The molecule has 0 bridgehead atoms. The predicted octanol–water partition coefficient (Wildman–Crippen LogP) is 4.94. The van der Waals surface area contributed by atoms with E-state index in [1.807, 2.05) is 60.7 Å². The Morgan fingerprint density at radius 3 is 1.73 bits per heavy atom. The number of allylic oxidation sites excluding steroid dienone is 1. The fraction of sp³-hybridized carbons (Fsp3) is 0.0455. The number of hydrogen-bond acceptors (Lipinski definition) is 4. The number of ether oxygens (including phenoxy) is 1. The van der Waals surface area contributed by atoms with Gasteiger partial charge in [-0.05, 0) is 48.5 Å². The van der Waals surface area contributed by atoms with Gasteiger partial charge in [0, 0.05) is 23.0 Å². The summed E-state index contributed by atoms with van der Waals surface area (Å²) in [5, 5.41) is 6.51. The number of rotatable bonds is 7. The van der Waals surface area contributed by atoms with Crippen LogP contribution in [0.4, 0.5) is 11.4 Å². The lowest BCUT2D eigenvalue weighted by molar-refractivity contribution is 0.104. The predicted molar refractivity (Wildman–Crippen MR) is 106 cm³/mol. The quantitative estimate of drug-likeness (QED) is 0.471. The zero-order chi connectivity index (χ0) is 18.2. The van der Waals surface area contributed by atoms with Crippen molar-refractivity contribution in [3.05, 3.63) is 102 Å². The molecule has 2 N–H and O–H groups in total. The smallest absolute Gasteiger partial charge is 0.189 e. The van der Waals surface area contributed by atoms with E-state index < -0.39 is 0 Å². The van der Waals surface area contributed by atoms with E-state index in [9.17, 15) is 4.79 Å². The number of carbonyl (C=O) groups is 1. The van der Waals surface area contributed by atoms with Crippen LogP contribution in [-0.4, -0.2) is 12.9 Å². The fourth-order valence-corrected chi connectivity index (χ4v) is 2.43. The Hall–Kier alpha value is -3.53. The Morgan fingerprint density at radius 1 is 0.769 bits per heavy atom. The number of ketones is 1. The SMILES string of the molecule is COc1ccc(C(=O)C=C(Nc2ccccc2)Nc2ccccc2)cc1. The van der Waals surface area contributed by atoms with Crippen molar-refractivity contribution >= 4 is 17.2 Å². The summed E-state index contributed by atoms with van der Waals surface area (Å²) in [6.45, 7) is 0. The molecule has 0 atom stereocenters. The summed E-state index contributed by atoms with van der Waals surface area (Å²) in [5.41, 5.74) is 2.38. The minimum atomic E-state index is -0.102. The lowest BCUT2D eigenvalue weighted by Crippen LogP contribution is -2.12. The lowest BCUT2D eigenvalue weighted by Gasteiger charge is -2.14. The topological polar surface area (TPSA) is 50.4 Å². The lowest BCUT2D eigenvalue weighted by atomic mass is 10.1. The van der Waals surface area contributed by atoms with Crippen LogP contribution in [0.5, 0.6) is 5.75 Å². The number of carbonyl (C=O) groups excluding carboxylic acids is 1. The van der Waals surface area contributed by atoms with Crippen molar-refractivity contribution < 1.29 is 9.53 Å². The number of para-hydroxylation sites is 2. The van der Waals surface area contributed by atoms with E-state index in [2.05, 4.69) is 10.6 Å². The highest BCUT2D eigenvalue weighted by molar-refractivity contribution is 6.05. The van der Waals surface area contributed by atoms with E-state index in [4.69, 9.17) is 4.74 Å². The van der Waals surface area contributed by atoms with E-state index in [-0.39, 0.29) is 5.78 Å². The molecule has 3 aromatic rings. The monoisotopic (exact) mass is 344 g/mol. The van der Waals surface area contributed by atoms with Crippen LogP contribution in [0.1, 0.15) is 10.4 Å². The third kappa shape index (κ3) is 4.74. The van der Waals surface area contributed by atoms with Crippen molar-refractivity contribution in [3.63, 3.8) is 0 Å². The molecule has 4 heteroatoms. The molecule has 0 saturated heterocycles. The average molecular weight is 344 g/mol. The zero-order valence-electron chi connectivity index (χ0n) is 14.5. The summed E-state index contributed by atoms with van der Waals surface area (Å²) < 4.78 is 5.14. The van der Waals surface area contributed by atoms with Gasteiger partial charge in [-0.25, -0.2) is 0 Å². The maximum absolute atomic E-state index is 12.6. The van der Waals surface area contributed by atoms with Crippen molar-refractivity contribution in [3.8, 4) is 5.75 Å². The first kappa shape index (κ1) is 17.3. The molecule has 3 rings (SSSR count). The number of anilines is 2. The third-order valence-corrected chi connectivity index (χ3v) is 3.76. The molecule has 0 saturated carbocycles. The minimum absolute atomic E-state index is 0.102. The summed E-state index contributed by atoms with van der Waals surface area (Å²) in [4.78, 5) is 12.6. The van der Waals surface area contributed by atoms with Gasteiger partial charge in [-0.15, -0.1) is 0 Å². The van der Waals surface area contributed by atoms with Gasteiger partial charge in [0.15, 0.2) is 5.78 Å². The van der Waals surface area contributed by atoms with Crippen LogP contribution >= 0.6 is 0 Å². The second-order valence-corrected chi connectivity index (χ2v) is 5.63. The molecule has 0 aliphatic heterocycles. The van der Waals surface area contributed by atoms with Crippen molar-refractivity contribution in [2.75, 3.05) is 17.7 Å². The van der Waals surface area contributed by atoms with Gasteiger partial charge >= 0.3 is 0 Å². The molecule has 0 aromatic heterocycles. The maximum Gasteiger partial charge on any atom is 0.189 e. The highest BCUT2D eigenvalue weighted by atomic mass is 16.5. The Morgan fingerprint density at radius 2 is 1.27 bits per heavy atom. The molecule has 0 fully saturated rings. The highest BCUT2D eigenvalue weighted by Crippen LogP contribution is 2.16. The maximum atomic E-state index is 12.6. The Balaban J connectivity index is 1.85. The van der Waals surface area contributed by atoms with Gasteiger partial charge in [-0.1, -0.05) is 36.4 Å². The molecule has 0 unspecified atom stereocenters. The molecule has 0 spiro atoms. The van der Waals surface area contributed by atoms with Crippen LogP contribution in [-0.2, 0) is 0 Å². The average Bonchev–Trinajstić information content (AvgIpc) is 2.69. The van der Waals surface area contributed by atoms with Crippen molar-refractivity contribution in [1.82, 2.24) is 0 Å². The zero-order valence-corrected chi connectivity index (χ0v) is 14.5. The number of nitrogens with one attached hydrogen (secondary N) is 2. The van der Waals surface area contributed by atoms with Gasteiger partial charge in [0.1, 0.15) is 11.6 Å². The molecule has 0 heterocycles. The molecule has 3 aromatic carbocycles. The van der Waals surface area contributed by atoms with E-state index in [1.54, 1.807) is 37.5 Å². The number of benzene rings is 3. The van der Waals surface area contributed by atoms with E-state index in [0.717, 1.165) is 17.1 Å². The van der Waals surface area contributed by atoms with Gasteiger partial charge in [-0.3, -0.25) is 4.79 Å². The Labute approximate surface area is 153 Å². The molecule has 4 nitrogen and oxygen atoms in total. The normalized spacial score (nSPS) is 9.88. The first-order valence-electron chi connectivity index (χ1n) is 8.29. The third-order valence-electron chi connectivity index (χ3n) is 3.76. The number of hydrogen-bond donors (Lipinski definition) is 2. The van der Waals surface area contributed by atoms with E-state index in [1.165, 1.54) is 0 Å². The molecule has 26 heavy (non-hydrogen) atoms. The molecule has 130 valence electrons. The summed E-state index contributed by atoms with van der Waals surface area (Å²) >= 11 is 0. The van der Waals surface area contributed by atoms with E-state index >= 15 is 0 Å². The van der Waals surface area contributed by atoms with Gasteiger partial charge in [0.05, 0.1) is 7.11 Å². The highest BCUT2D eigenvalue weighted by Gasteiger charge is 2.07. The molecule has 0 aliphatic rings. The summed E-state index contributed by atoms with van der Waals surface area (Å²) in [5.74, 6) is 1.22. The molecule has 0 amide bonds. The number of methoxy groups -OCH3 is 1. The van der Waals surface area contributed by atoms with E-state index in [0.29, 0.717) is 11.4 Å². The van der Waals surface area contributed by atoms with Gasteiger partial charge in [0.2, 0.25) is 0 Å². The first-order valence-corrected chi connectivity index (χ1v) is 8.29. The largest absolute Gasteiger partial charge is 0.497 e. The first-order chi connectivity index (χ1) is 12.7. The summed E-state index contributed by atoms with van der Waals surface area (Å²) in [6.07, 6.45) is 1.56. The van der Waals surface area contributed by atoms with Gasteiger partial charge in [-0.2, -0.15) is 0 Å². The second-order valence-electron chi connectivity index (χ2n) is 5.63. The van der Waals surface area contributed by atoms with Crippen LogP contribution in [0.25, 0.3) is 0 Å². The van der Waals surface area contributed by atoms with Crippen molar-refractivity contribution in [1.29, 1.82) is 0 Å². The fourth-order valence-electron chi connectivity index (χ4n) is 2.43. The Kier molecular flexibility index (Phi) is 5.68. The van der Waals surface area contributed by atoms with Crippen LogP contribution in [0.3, 0.4) is 0 Å². The van der Waals surface area contributed by atoms with Crippen LogP contribution in [0, 0.1) is 0 Å². The minimum Gasteiger partial charge on any atom is -0.497 e. The van der Waals surface area contributed by atoms with Gasteiger partial charge in [0.25, 0.3) is 0 Å². The van der Waals surface area contributed by atoms with Crippen LogP contribution < -0.4 is 15.4 Å². The standard InChI is InChI=1S/C22H20N2O2/c1-26-20-14-12-17(13-15-20)21(25)16-22(23-18-8-4-2-5-9-18)24-19-10-6-3-7-11-19/h2-16,23-24H,1H3. The van der Waals surface area contributed by atoms with Crippen LogP contribution in [0.2, 0.25) is 0 Å². The molecular formula is C22H20N2O2. The van der Waals surface area contributed by atoms with Gasteiger partial charge < -0.3 is 15.4 Å². The summed E-state index contributed by atoms with van der Waals surface area (Å²) in [7, 11) is 1.60. The van der Waals surface area contributed by atoms with Crippen molar-refractivity contribution in [2.24, 2.45) is 0 Å². The van der Waals surface area contributed by atoms with Crippen molar-refractivity contribution in [2.45, 2.75) is 0 Å². The second kappa shape index (κ2) is 8.53. The van der Waals surface area contributed by atoms with Crippen LogP contribution in [0.15, 0.2) is 96.8 Å². The molecule has 0 radical (unpaired) electrons. The Bertz CT molecular complexity index is 830.